The molecule has 0 aliphatic heterocycles. The Hall–Kier alpha value is -1.51. The highest BCUT2D eigenvalue weighted by molar-refractivity contribution is 5.85. The zero-order valence-electron chi connectivity index (χ0n) is 15.4. The lowest BCUT2D eigenvalue weighted by molar-refractivity contribution is 0.181. The first kappa shape index (κ1) is 19.8. The molecule has 1 atom stereocenters. The monoisotopic (exact) mass is 359 g/mol. The second kappa shape index (κ2) is 9.84. The van der Waals surface area contributed by atoms with Gasteiger partial charge >= 0.3 is 0 Å². The first-order valence-electron chi connectivity index (χ1n) is 9.24. The van der Waals surface area contributed by atoms with Crippen LogP contribution in [0, 0.1) is 0 Å². The largest absolute Gasteiger partial charge is 0.496 e. The molecule has 1 unspecified atom stereocenters. The van der Waals surface area contributed by atoms with Crippen LogP contribution in [0.4, 0.5) is 0 Å². The van der Waals surface area contributed by atoms with Crippen LogP contribution in [0.3, 0.4) is 0 Å². The van der Waals surface area contributed by atoms with Crippen molar-refractivity contribution in [1.29, 1.82) is 0 Å². The van der Waals surface area contributed by atoms with Gasteiger partial charge in [-0.05, 0) is 61.4 Å². The van der Waals surface area contributed by atoms with Crippen LogP contribution in [0.25, 0.3) is 0 Å². The van der Waals surface area contributed by atoms with Gasteiger partial charge in [-0.3, -0.25) is 4.90 Å². The van der Waals surface area contributed by atoms with Crippen molar-refractivity contribution in [3.05, 3.63) is 65.2 Å². The van der Waals surface area contributed by atoms with Crippen molar-refractivity contribution in [3.63, 3.8) is 0 Å². The first-order chi connectivity index (χ1) is 11.8. The Labute approximate surface area is 158 Å². The van der Waals surface area contributed by atoms with Crippen LogP contribution < -0.4 is 4.74 Å². The minimum Gasteiger partial charge on any atom is -0.496 e. The molecule has 0 fully saturated rings. The molecule has 2 aromatic carbocycles. The molecular formula is C22H30ClNO. The Morgan fingerprint density at radius 2 is 1.84 bits per heavy atom. The van der Waals surface area contributed by atoms with Crippen molar-refractivity contribution in [2.24, 2.45) is 0 Å². The molecule has 1 aliphatic carbocycles. The molecule has 136 valence electrons. The van der Waals surface area contributed by atoms with E-state index in [1.54, 1.807) is 7.11 Å². The Kier molecular flexibility index (Phi) is 7.80. The third kappa shape index (κ3) is 4.99. The Balaban J connectivity index is 0.00000225. The zero-order chi connectivity index (χ0) is 16.8. The van der Waals surface area contributed by atoms with Crippen molar-refractivity contribution in [1.82, 2.24) is 4.90 Å². The highest BCUT2D eigenvalue weighted by atomic mass is 35.5. The van der Waals surface area contributed by atoms with Gasteiger partial charge in [-0.25, -0.2) is 0 Å². The van der Waals surface area contributed by atoms with E-state index in [1.807, 2.05) is 0 Å². The second-order valence-electron chi connectivity index (χ2n) is 6.77. The van der Waals surface area contributed by atoms with Crippen LogP contribution in [0.15, 0.2) is 48.5 Å². The summed E-state index contributed by atoms with van der Waals surface area (Å²) in [5.74, 6) is 1.07. The van der Waals surface area contributed by atoms with Crippen LogP contribution >= 0.6 is 12.4 Å². The van der Waals surface area contributed by atoms with Crippen LogP contribution in [0.1, 0.15) is 36.5 Å². The minimum absolute atomic E-state index is 0. The Morgan fingerprint density at radius 1 is 1.04 bits per heavy atom. The lowest BCUT2D eigenvalue weighted by Crippen LogP contribution is -2.41. The summed E-state index contributed by atoms with van der Waals surface area (Å²) in [6, 6.07) is 18.0. The van der Waals surface area contributed by atoms with Crippen LogP contribution in [-0.4, -0.2) is 31.1 Å². The molecule has 0 heterocycles. The van der Waals surface area contributed by atoms with Crippen molar-refractivity contribution in [2.75, 3.05) is 20.2 Å². The van der Waals surface area contributed by atoms with Gasteiger partial charge in [0.15, 0.2) is 0 Å². The predicted octanol–water partition coefficient (Wildman–Crippen LogP) is 4.93. The predicted molar refractivity (Wildman–Crippen MR) is 108 cm³/mol. The minimum atomic E-state index is 0. The van der Waals surface area contributed by atoms with Gasteiger partial charge in [0.05, 0.1) is 7.11 Å². The van der Waals surface area contributed by atoms with E-state index in [9.17, 15) is 0 Å². The smallest absolute Gasteiger partial charge is 0.122 e. The summed E-state index contributed by atoms with van der Waals surface area (Å²) in [5, 5.41) is 0. The second-order valence-corrected chi connectivity index (χ2v) is 6.77. The number of benzene rings is 2. The van der Waals surface area contributed by atoms with Gasteiger partial charge in [0.2, 0.25) is 0 Å². The quantitative estimate of drug-likeness (QED) is 0.695. The van der Waals surface area contributed by atoms with E-state index >= 15 is 0 Å². The standard InChI is InChI=1S/C22H29NO.ClH/c1-3-15-23(16-14-18-8-5-4-6-9-18)20-12-13-21-19(17-20)10-7-11-22(21)24-2;/h4-11,20H,3,12-17H2,1-2H3;1H. The number of rotatable bonds is 7. The number of hydrogen-bond acceptors (Lipinski definition) is 2. The van der Waals surface area contributed by atoms with E-state index in [1.165, 1.54) is 36.1 Å². The normalized spacial score (nSPS) is 16.2. The average Bonchev–Trinajstić information content (AvgIpc) is 2.65. The molecule has 0 saturated heterocycles. The third-order valence-corrected chi connectivity index (χ3v) is 5.19. The SMILES string of the molecule is CCCN(CCc1ccccc1)C1CCc2c(cccc2OC)C1.Cl. The van der Waals surface area contributed by atoms with Gasteiger partial charge in [-0.2, -0.15) is 0 Å². The molecule has 0 radical (unpaired) electrons. The van der Waals surface area contributed by atoms with E-state index in [4.69, 9.17) is 4.74 Å². The summed E-state index contributed by atoms with van der Waals surface area (Å²) < 4.78 is 5.55. The van der Waals surface area contributed by atoms with Crippen molar-refractivity contribution in [3.8, 4) is 5.75 Å². The van der Waals surface area contributed by atoms with E-state index in [0.29, 0.717) is 6.04 Å². The zero-order valence-corrected chi connectivity index (χ0v) is 16.2. The van der Waals surface area contributed by atoms with E-state index in [0.717, 1.165) is 31.6 Å². The molecular weight excluding hydrogens is 330 g/mol. The molecule has 3 rings (SSSR count). The molecule has 2 nitrogen and oxygen atoms in total. The molecule has 0 bridgehead atoms. The average molecular weight is 360 g/mol. The molecule has 0 amide bonds. The van der Waals surface area contributed by atoms with Gasteiger partial charge in [-0.1, -0.05) is 49.4 Å². The fourth-order valence-electron chi connectivity index (χ4n) is 3.94. The molecule has 0 N–H and O–H groups in total. The highest BCUT2D eigenvalue weighted by Crippen LogP contribution is 2.31. The lowest BCUT2D eigenvalue weighted by Gasteiger charge is -2.35. The number of methoxy groups -OCH3 is 1. The molecule has 2 aromatic rings. The van der Waals surface area contributed by atoms with E-state index in [2.05, 4.69) is 60.4 Å². The lowest BCUT2D eigenvalue weighted by atomic mass is 9.86. The van der Waals surface area contributed by atoms with Crippen LogP contribution in [0.2, 0.25) is 0 Å². The van der Waals surface area contributed by atoms with Gasteiger partial charge in [-0.15, -0.1) is 12.4 Å². The molecule has 0 aromatic heterocycles. The fraction of sp³-hybridized carbons (Fsp3) is 0.455. The number of halogens is 1. The maximum Gasteiger partial charge on any atom is 0.122 e. The molecule has 25 heavy (non-hydrogen) atoms. The fourth-order valence-corrected chi connectivity index (χ4v) is 3.94. The first-order valence-corrected chi connectivity index (χ1v) is 9.24. The maximum absolute atomic E-state index is 5.55. The summed E-state index contributed by atoms with van der Waals surface area (Å²) in [5.41, 5.74) is 4.35. The van der Waals surface area contributed by atoms with Gasteiger partial charge in [0.1, 0.15) is 5.75 Å². The summed E-state index contributed by atoms with van der Waals surface area (Å²) in [6.07, 6.45) is 5.89. The number of ether oxygens (including phenoxy) is 1. The summed E-state index contributed by atoms with van der Waals surface area (Å²) >= 11 is 0. The van der Waals surface area contributed by atoms with E-state index < -0.39 is 0 Å². The molecule has 0 saturated carbocycles. The molecule has 3 heteroatoms. The van der Waals surface area contributed by atoms with E-state index in [-0.39, 0.29) is 12.4 Å². The van der Waals surface area contributed by atoms with Crippen LogP contribution in [-0.2, 0) is 19.3 Å². The van der Waals surface area contributed by atoms with Gasteiger partial charge in [0.25, 0.3) is 0 Å². The Morgan fingerprint density at radius 3 is 2.56 bits per heavy atom. The highest BCUT2D eigenvalue weighted by Gasteiger charge is 2.25. The number of hydrogen-bond donors (Lipinski definition) is 0. The van der Waals surface area contributed by atoms with Crippen molar-refractivity contribution >= 4 is 12.4 Å². The topological polar surface area (TPSA) is 12.5 Å². The third-order valence-electron chi connectivity index (χ3n) is 5.19. The Bertz CT molecular complexity index is 644. The van der Waals surface area contributed by atoms with Crippen molar-refractivity contribution < 1.29 is 4.74 Å². The maximum atomic E-state index is 5.55. The van der Waals surface area contributed by atoms with Crippen molar-refractivity contribution in [2.45, 2.75) is 45.1 Å². The summed E-state index contributed by atoms with van der Waals surface area (Å²) in [7, 11) is 1.78. The van der Waals surface area contributed by atoms with Gasteiger partial charge < -0.3 is 4.74 Å². The molecule has 0 spiro atoms. The molecule has 1 aliphatic rings. The number of fused-ring (bicyclic) bond motifs is 1. The van der Waals surface area contributed by atoms with Crippen LogP contribution in [0.5, 0.6) is 5.75 Å². The summed E-state index contributed by atoms with van der Waals surface area (Å²) in [6.45, 7) is 4.63. The van der Waals surface area contributed by atoms with Gasteiger partial charge in [0, 0.05) is 12.6 Å². The number of nitrogens with zero attached hydrogens (tertiary/aromatic N) is 1. The summed E-state index contributed by atoms with van der Waals surface area (Å²) in [4.78, 5) is 2.70.